The largest absolute Gasteiger partial charge is 0.340 e. The van der Waals surface area contributed by atoms with Crippen LogP contribution in [-0.4, -0.2) is 38.5 Å². The zero-order chi connectivity index (χ0) is 17.9. The van der Waals surface area contributed by atoms with Gasteiger partial charge in [-0.05, 0) is 36.8 Å². The summed E-state index contributed by atoms with van der Waals surface area (Å²) in [7, 11) is 0. The number of likely N-dealkylation sites (tertiary alicyclic amines) is 1. The summed E-state index contributed by atoms with van der Waals surface area (Å²) in [4.78, 5) is 23.1. The molecule has 1 fully saturated rings. The molecule has 2 aromatic rings. The summed E-state index contributed by atoms with van der Waals surface area (Å²) in [6, 6.07) is 4.08. The molecule has 3 rings (SSSR count). The third-order valence-corrected chi connectivity index (χ3v) is 4.49. The molecule has 6 nitrogen and oxygen atoms in total. The van der Waals surface area contributed by atoms with Crippen molar-refractivity contribution >= 4 is 5.91 Å². The maximum Gasteiger partial charge on any atom is 0.227 e. The van der Waals surface area contributed by atoms with Crippen LogP contribution in [0.2, 0.25) is 0 Å². The number of carbonyl (C=O) groups excluding carboxylic acids is 1. The molecule has 134 valence electrons. The average molecular weight is 342 g/mol. The van der Waals surface area contributed by atoms with E-state index in [1.54, 1.807) is 12.4 Å². The predicted molar refractivity (Wildman–Crippen MR) is 94.7 cm³/mol. The van der Waals surface area contributed by atoms with Crippen LogP contribution < -0.4 is 0 Å². The highest BCUT2D eigenvalue weighted by atomic mass is 16.5. The molecule has 0 saturated carbocycles. The minimum absolute atomic E-state index is 0.188. The van der Waals surface area contributed by atoms with Gasteiger partial charge in [0.2, 0.25) is 17.6 Å². The number of rotatable bonds is 5. The van der Waals surface area contributed by atoms with E-state index in [2.05, 4.69) is 35.9 Å². The maximum absolute atomic E-state index is 12.6. The number of nitrogens with zero attached hydrogens (tertiary/aromatic N) is 4. The van der Waals surface area contributed by atoms with E-state index in [1.165, 1.54) is 0 Å². The van der Waals surface area contributed by atoms with Crippen LogP contribution >= 0.6 is 0 Å². The Balaban J connectivity index is 1.56. The Labute approximate surface area is 148 Å². The smallest absolute Gasteiger partial charge is 0.227 e. The molecule has 0 spiro atoms. The van der Waals surface area contributed by atoms with Crippen LogP contribution in [0, 0.1) is 5.41 Å². The Hall–Kier alpha value is -2.24. The quantitative estimate of drug-likeness (QED) is 0.831. The van der Waals surface area contributed by atoms with Gasteiger partial charge in [0.25, 0.3) is 0 Å². The van der Waals surface area contributed by atoms with Gasteiger partial charge < -0.3 is 9.42 Å². The van der Waals surface area contributed by atoms with E-state index in [-0.39, 0.29) is 11.3 Å². The van der Waals surface area contributed by atoms with Crippen LogP contribution in [0.15, 0.2) is 29.0 Å². The lowest BCUT2D eigenvalue weighted by atomic mass is 9.87. The molecule has 1 amide bonds. The van der Waals surface area contributed by atoms with Crippen LogP contribution in [0.5, 0.6) is 0 Å². The molecule has 0 radical (unpaired) electrons. The number of hydrogen-bond acceptors (Lipinski definition) is 5. The fourth-order valence-corrected chi connectivity index (χ4v) is 3.41. The number of aromatic nitrogens is 3. The van der Waals surface area contributed by atoms with Gasteiger partial charge in [0.1, 0.15) is 0 Å². The highest BCUT2D eigenvalue weighted by molar-refractivity contribution is 5.77. The molecule has 0 aliphatic carbocycles. The van der Waals surface area contributed by atoms with E-state index >= 15 is 0 Å². The molecule has 1 aliphatic heterocycles. The van der Waals surface area contributed by atoms with Crippen LogP contribution in [0.3, 0.4) is 0 Å². The molecule has 3 heterocycles. The molecule has 1 aliphatic rings. The first-order chi connectivity index (χ1) is 11.9. The third-order valence-electron chi connectivity index (χ3n) is 4.49. The van der Waals surface area contributed by atoms with E-state index in [1.807, 2.05) is 17.0 Å². The fourth-order valence-electron chi connectivity index (χ4n) is 3.41. The second-order valence-electron chi connectivity index (χ2n) is 7.90. The van der Waals surface area contributed by atoms with Crippen molar-refractivity contribution in [1.82, 2.24) is 20.0 Å². The molecule has 2 aromatic heterocycles. The SMILES string of the molecule is CC(C)(C)C[C@@H]1CCCN1C(=O)CCc1nc(-c2cccnc2)no1. The molecule has 1 saturated heterocycles. The van der Waals surface area contributed by atoms with Gasteiger partial charge in [-0.2, -0.15) is 4.98 Å². The Morgan fingerprint density at radius 2 is 2.24 bits per heavy atom. The van der Waals surface area contributed by atoms with Gasteiger partial charge in [-0.1, -0.05) is 25.9 Å². The van der Waals surface area contributed by atoms with Crippen molar-refractivity contribution in [2.75, 3.05) is 6.54 Å². The molecular weight excluding hydrogens is 316 g/mol. The summed E-state index contributed by atoms with van der Waals surface area (Å²) in [5.74, 6) is 1.20. The van der Waals surface area contributed by atoms with E-state index in [9.17, 15) is 4.79 Å². The molecule has 6 heteroatoms. The second kappa shape index (κ2) is 7.33. The molecule has 0 N–H and O–H groups in total. The maximum atomic E-state index is 12.6. The van der Waals surface area contributed by atoms with Crippen LogP contribution in [0.4, 0.5) is 0 Å². The van der Waals surface area contributed by atoms with E-state index in [0.29, 0.717) is 30.6 Å². The molecular formula is C19H26N4O2. The van der Waals surface area contributed by atoms with Crippen LogP contribution in [0.1, 0.15) is 52.3 Å². The van der Waals surface area contributed by atoms with Crippen molar-refractivity contribution in [1.29, 1.82) is 0 Å². The predicted octanol–water partition coefficient (Wildman–Crippen LogP) is 3.49. The van der Waals surface area contributed by atoms with Crippen LogP contribution in [0.25, 0.3) is 11.4 Å². The molecule has 1 atom stereocenters. The number of pyridine rings is 1. The summed E-state index contributed by atoms with van der Waals surface area (Å²) in [5, 5.41) is 3.97. The number of carbonyl (C=O) groups is 1. The van der Waals surface area contributed by atoms with E-state index in [0.717, 1.165) is 31.4 Å². The van der Waals surface area contributed by atoms with Crippen molar-refractivity contribution in [3.05, 3.63) is 30.4 Å². The first kappa shape index (κ1) is 17.6. The summed E-state index contributed by atoms with van der Waals surface area (Å²) in [5.41, 5.74) is 1.05. The standard InChI is InChI=1S/C19H26N4O2/c1-19(2,3)12-15-7-5-11-23(15)17(24)9-8-16-21-18(22-25-16)14-6-4-10-20-13-14/h4,6,10,13,15H,5,7-9,11-12H2,1-3H3/t15-/m0/s1. The molecule has 0 bridgehead atoms. The Morgan fingerprint density at radius 1 is 1.40 bits per heavy atom. The number of aryl methyl sites for hydroxylation is 1. The number of amides is 1. The lowest BCUT2D eigenvalue weighted by Crippen LogP contribution is -2.37. The van der Waals surface area contributed by atoms with E-state index in [4.69, 9.17) is 4.52 Å². The van der Waals surface area contributed by atoms with Crippen molar-refractivity contribution in [3.8, 4) is 11.4 Å². The van der Waals surface area contributed by atoms with Gasteiger partial charge >= 0.3 is 0 Å². The van der Waals surface area contributed by atoms with Crippen molar-refractivity contribution < 1.29 is 9.32 Å². The van der Waals surface area contributed by atoms with Crippen molar-refractivity contribution in [2.45, 2.75) is 58.9 Å². The molecule has 25 heavy (non-hydrogen) atoms. The third kappa shape index (κ3) is 4.65. The Kier molecular flexibility index (Phi) is 5.16. The monoisotopic (exact) mass is 342 g/mol. The van der Waals surface area contributed by atoms with E-state index < -0.39 is 0 Å². The topological polar surface area (TPSA) is 72.1 Å². The van der Waals surface area contributed by atoms with Crippen molar-refractivity contribution in [2.24, 2.45) is 5.41 Å². The first-order valence-corrected chi connectivity index (χ1v) is 8.95. The second-order valence-corrected chi connectivity index (χ2v) is 7.90. The fraction of sp³-hybridized carbons (Fsp3) is 0.579. The van der Waals surface area contributed by atoms with Gasteiger partial charge in [0, 0.05) is 43.4 Å². The average Bonchev–Trinajstić information content (AvgIpc) is 3.21. The normalized spacial score (nSPS) is 17.9. The van der Waals surface area contributed by atoms with Gasteiger partial charge in [0.15, 0.2) is 0 Å². The van der Waals surface area contributed by atoms with Gasteiger partial charge in [0.05, 0.1) is 0 Å². The molecule has 0 unspecified atom stereocenters. The zero-order valence-electron chi connectivity index (χ0n) is 15.2. The first-order valence-electron chi connectivity index (χ1n) is 8.95. The highest BCUT2D eigenvalue weighted by Crippen LogP contribution is 2.30. The summed E-state index contributed by atoms with van der Waals surface area (Å²) in [6.07, 6.45) is 7.53. The van der Waals surface area contributed by atoms with Gasteiger partial charge in [-0.3, -0.25) is 9.78 Å². The number of hydrogen-bond donors (Lipinski definition) is 0. The van der Waals surface area contributed by atoms with Crippen molar-refractivity contribution in [3.63, 3.8) is 0 Å². The van der Waals surface area contributed by atoms with Crippen LogP contribution in [-0.2, 0) is 11.2 Å². The Morgan fingerprint density at radius 3 is 2.96 bits per heavy atom. The summed E-state index contributed by atoms with van der Waals surface area (Å²) in [6.45, 7) is 7.55. The Bertz CT molecular complexity index is 706. The molecule has 0 aromatic carbocycles. The minimum Gasteiger partial charge on any atom is -0.340 e. The lowest BCUT2D eigenvalue weighted by molar-refractivity contribution is -0.132. The van der Waals surface area contributed by atoms with Gasteiger partial charge in [-0.15, -0.1) is 0 Å². The minimum atomic E-state index is 0.188. The lowest BCUT2D eigenvalue weighted by Gasteiger charge is -2.30. The van der Waals surface area contributed by atoms with Gasteiger partial charge in [-0.25, -0.2) is 0 Å². The highest BCUT2D eigenvalue weighted by Gasteiger charge is 2.31. The summed E-state index contributed by atoms with van der Waals surface area (Å²) < 4.78 is 5.28. The summed E-state index contributed by atoms with van der Waals surface area (Å²) >= 11 is 0. The zero-order valence-corrected chi connectivity index (χ0v) is 15.2.